The van der Waals surface area contributed by atoms with Gasteiger partial charge in [-0.15, -0.1) is 0 Å². The van der Waals surface area contributed by atoms with Gasteiger partial charge < -0.3 is 14.3 Å². The van der Waals surface area contributed by atoms with Gasteiger partial charge in [0.15, 0.2) is 0 Å². The Morgan fingerprint density at radius 1 is 0.960 bits per heavy atom. The Morgan fingerprint density at radius 2 is 1.52 bits per heavy atom. The summed E-state index contributed by atoms with van der Waals surface area (Å²) in [5.41, 5.74) is 0. The summed E-state index contributed by atoms with van der Waals surface area (Å²) in [4.78, 5) is 10.9. The molecule has 0 aromatic rings. The summed E-state index contributed by atoms with van der Waals surface area (Å²) < 4.78 is 6.52. The number of unbranched alkanes of at least 4 members (excludes halogenated alkanes) is 8. The van der Waals surface area contributed by atoms with Gasteiger partial charge in [0.25, 0.3) is 0 Å². The van der Waals surface area contributed by atoms with Gasteiger partial charge >= 0.3 is 5.97 Å². The smallest absolute Gasteiger partial charge is 0.306 e. The molecule has 0 bridgehead atoms. The Hall–Kier alpha value is -0.870. The molecule has 0 aromatic carbocycles. The maximum absolute atomic E-state index is 10.9. The van der Waals surface area contributed by atoms with E-state index in [9.17, 15) is 4.79 Å². The molecule has 0 saturated carbocycles. The zero-order chi connectivity index (χ0) is 19.0. The van der Waals surface area contributed by atoms with E-state index in [2.05, 4.69) is 40.2 Å². The number of quaternary nitrogens is 1. The van der Waals surface area contributed by atoms with Crippen molar-refractivity contribution in [2.24, 2.45) is 0 Å². The highest BCUT2D eigenvalue weighted by atomic mass is 16.5. The van der Waals surface area contributed by atoms with Crippen LogP contribution < -0.4 is 0 Å². The number of allylic oxidation sites excluding steroid dienone is 2. The van der Waals surface area contributed by atoms with Gasteiger partial charge in [-0.2, -0.15) is 0 Å². The maximum atomic E-state index is 10.9. The summed E-state index contributed by atoms with van der Waals surface area (Å²) in [5.74, 6) is -0.781. The molecule has 0 aliphatic rings. The molecule has 0 heterocycles. The molecule has 0 unspecified atom stereocenters. The maximum Gasteiger partial charge on any atom is 0.306 e. The summed E-state index contributed by atoms with van der Waals surface area (Å²) in [5, 5.41) is 8.99. The number of carbonyl (C=O) groups is 1. The van der Waals surface area contributed by atoms with Crippen LogP contribution in [0.5, 0.6) is 0 Å². The van der Waals surface area contributed by atoms with Gasteiger partial charge in [-0.1, -0.05) is 51.2 Å². The summed E-state index contributed by atoms with van der Waals surface area (Å²) in [7, 11) is 6.19. The number of hydrogen-bond donors (Lipinski definition) is 1. The number of carboxylic acids is 1. The average molecular weight is 357 g/mol. The lowest BCUT2D eigenvalue weighted by Gasteiger charge is -2.28. The normalized spacial score (nSPS) is 13.4. The van der Waals surface area contributed by atoms with Crippen LogP contribution in [-0.4, -0.2) is 56.0 Å². The Labute approximate surface area is 155 Å². The molecule has 0 amide bonds. The van der Waals surface area contributed by atoms with Crippen molar-refractivity contribution in [1.82, 2.24) is 0 Å². The quantitative estimate of drug-likeness (QED) is 0.226. The van der Waals surface area contributed by atoms with Crippen LogP contribution in [0, 0.1) is 0 Å². The first-order chi connectivity index (χ1) is 11.8. The van der Waals surface area contributed by atoms with E-state index in [1.165, 1.54) is 44.9 Å². The summed E-state index contributed by atoms with van der Waals surface area (Å²) in [6.07, 6.45) is 17.0. The number of nitrogens with zero attached hydrogens (tertiary/aromatic N) is 1. The van der Waals surface area contributed by atoms with Gasteiger partial charge in [-0.05, 0) is 32.1 Å². The van der Waals surface area contributed by atoms with E-state index in [1.54, 1.807) is 0 Å². The van der Waals surface area contributed by atoms with Crippen molar-refractivity contribution in [2.75, 3.05) is 34.3 Å². The predicted octanol–water partition coefficient (Wildman–Crippen LogP) is 5.03. The minimum absolute atomic E-state index is 0.0910. The van der Waals surface area contributed by atoms with Crippen molar-refractivity contribution in [1.29, 1.82) is 0 Å². The minimum Gasteiger partial charge on any atom is -0.481 e. The lowest BCUT2D eigenvalue weighted by atomic mass is 10.1. The Bertz CT molecular complexity index is 348. The summed E-state index contributed by atoms with van der Waals surface area (Å²) >= 11 is 0. The van der Waals surface area contributed by atoms with Crippen LogP contribution in [0.4, 0.5) is 0 Å². The Morgan fingerprint density at radius 3 is 2.08 bits per heavy atom. The third-order valence-electron chi connectivity index (χ3n) is 4.16. The summed E-state index contributed by atoms with van der Waals surface area (Å²) in [6.45, 7) is 3.64. The fourth-order valence-electron chi connectivity index (χ4n) is 2.87. The van der Waals surface area contributed by atoms with Crippen LogP contribution >= 0.6 is 0 Å². The SMILES string of the molecule is CCCCCCCC/C=C\CCCCO[C@H](CC(=O)O)C[N+](C)(C)C. The molecule has 0 aliphatic heterocycles. The van der Waals surface area contributed by atoms with E-state index >= 15 is 0 Å². The first-order valence-corrected chi connectivity index (χ1v) is 10.1. The van der Waals surface area contributed by atoms with Gasteiger partial charge in [0.2, 0.25) is 0 Å². The fraction of sp³-hybridized carbons (Fsp3) is 0.857. The number of ether oxygens (including phenoxy) is 1. The van der Waals surface area contributed by atoms with Crippen molar-refractivity contribution < 1.29 is 19.1 Å². The number of likely N-dealkylation sites (N-methyl/N-ethyl adjacent to an activating group) is 1. The number of aliphatic carboxylic acids is 1. The summed E-state index contributed by atoms with van der Waals surface area (Å²) in [6, 6.07) is 0. The number of rotatable bonds is 17. The topological polar surface area (TPSA) is 46.5 Å². The lowest BCUT2D eigenvalue weighted by molar-refractivity contribution is -0.873. The van der Waals surface area contributed by atoms with Crippen LogP contribution in [0.2, 0.25) is 0 Å². The zero-order valence-electron chi connectivity index (χ0n) is 17.1. The second-order valence-corrected chi connectivity index (χ2v) is 8.09. The standard InChI is InChI=1S/C21H41NO3/c1-5-6-7-8-9-10-11-12-13-14-15-16-17-25-20(18-21(23)24)19-22(2,3)4/h12-13,20H,5-11,14-19H2,1-4H3/p+1/b13-12-/t20-/m1/s1. The van der Waals surface area contributed by atoms with Gasteiger partial charge in [0.1, 0.15) is 12.6 Å². The number of carboxylic acid groups (broad SMARTS) is 1. The van der Waals surface area contributed by atoms with Gasteiger partial charge in [-0.3, -0.25) is 4.79 Å². The Kier molecular flexibility index (Phi) is 14.9. The molecule has 0 aromatic heterocycles. The number of hydrogen-bond acceptors (Lipinski definition) is 2. The molecule has 0 spiro atoms. The molecule has 0 saturated heterocycles. The molecule has 0 aliphatic carbocycles. The van der Waals surface area contributed by atoms with E-state index in [-0.39, 0.29) is 12.5 Å². The van der Waals surface area contributed by atoms with E-state index in [4.69, 9.17) is 9.84 Å². The van der Waals surface area contributed by atoms with Crippen molar-refractivity contribution in [2.45, 2.75) is 83.7 Å². The minimum atomic E-state index is -0.781. The Balaban J connectivity index is 3.61. The van der Waals surface area contributed by atoms with E-state index < -0.39 is 5.97 Å². The monoisotopic (exact) mass is 356 g/mol. The highest BCUT2D eigenvalue weighted by molar-refractivity contribution is 5.67. The van der Waals surface area contributed by atoms with Gasteiger partial charge in [-0.25, -0.2) is 0 Å². The van der Waals surface area contributed by atoms with Crippen LogP contribution in [0.3, 0.4) is 0 Å². The second kappa shape index (κ2) is 15.4. The second-order valence-electron chi connectivity index (χ2n) is 8.09. The van der Waals surface area contributed by atoms with Crippen molar-refractivity contribution >= 4 is 5.97 Å². The molecule has 4 nitrogen and oxygen atoms in total. The van der Waals surface area contributed by atoms with Crippen molar-refractivity contribution in [3.63, 3.8) is 0 Å². The largest absolute Gasteiger partial charge is 0.481 e. The van der Waals surface area contributed by atoms with E-state index in [1.807, 2.05) is 0 Å². The van der Waals surface area contributed by atoms with Crippen LogP contribution in [0.1, 0.15) is 77.6 Å². The molecular weight excluding hydrogens is 314 g/mol. The molecule has 0 radical (unpaired) electrons. The third kappa shape index (κ3) is 19.3. The van der Waals surface area contributed by atoms with E-state index in [0.717, 1.165) is 30.3 Å². The van der Waals surface area contributed by atoms with Crippen molar-refractivity contribution in [3.8, 4) is 0 Å². The van der Waals surface area contributed by atoms with Gasteiger partial charge in [0, 0.05) is 6.61 Å². The average Bonchev–Trinajstić information content (AvgIpc) is 2.49. The zero-order valence-corrected chi connectivity index (χ0v) is 17.1. The van der Waals surface area contributed by atoms with Crippen molar-refractivity contribution in [3.05, 3.63) is 12.2 Å². The van der Waals surface area contributed by atoms with Crippen LogP contribution in [0.15, 0.2) is 12.2 Å². The molecule has 4 heteroatoms. The highest BCUT2D eigenvalue weighted by Crippen LogP contribution is 2.09. The van der Waals surface area contributed by atoms with E-state index in [0.29, 0.717) is 6.61 Å². The molecular formula is C21H42NO3+. The molecule has 1 N–H and O–H groups in total. The predicted molar refractivity (Wildman–Crippen MR) is 106 cm³/mol. The highest BCUT2D eigenvalue weighted by Gasteiger charge is 2.21. The van der Waals surface area contributed by atoms with Gasteiger partial charge in [0.05, 0.1) is 27.6 Å². The lowest BCUT2D eigenvalue weighted by Crippen LogP contribution is -2.43. The third-order valence-corrected chi connectivity index (χ3v) is 4.16. The van der Waals surface area contributed by atoms with Crippen LogP contribution in [0.25, 0.3) is 0 Å². The molecule has 148 valence electrons. The first-order valence-electron chi connectivity index (χ1n) is 10.1. The first kappa shape index (κ1) is 24.1. The molecule has 0 fully saturated rings. The molecule has 25 heavy (non-hydrogen) atoms. The molecule has 0 rings (SSSR count). The fourth-order valence-corrected chi connectivity index (χ4v) is 2.87. The van der Waals surface area contributed by atoms with Crippen LogP contribution in [-0.2, 0) is 9.53 Å². The molecule has 1 atom stereocenters.